The maximum atomic E-state index is 11.6. The van der Waals surface area contributed by atoms with Crippen molar-refractivity contribution in [3.05, 3.63) is 29.8 Å². The van der Waals surface area contributed by atoms with E-state index in [9.17, 15) is 9.59 Å². The van der Waals surface area contributed by atoms with Gasteiger partial charge in [-0.25, -0.2) is 0 Å². The third kappa shape index (κ3) is 3.90. The van der Waals surface area contributed by atoms with E-state index in [1.807, 2.05) is 13.8 Å². The highest BCUT2D eigenvalue weighted by atomic mass is 16.5. The molecule has 1 atom stereocenters. The summed E-state index contributed by atoms with van der Waals surface area (Å²) < 4.78 is 5.46. The van der Waals surface area contributed by atoms with E-state index in [4.69, 9.17) is 4.74 Å². The third-order valence-corrected chi connectivity index (χ3v) is 2.15. The lowest BCUT2D eigenvalue weighted by atomic mass is 10.2. The lowest BCUT2D eigenvalue weighted by Crippen LogP contribution is -2.40. The number of hydrogen-bond acceptors (Lipinski definition) is 3. The van der Waals surface area contributed by atoms with Gasteiger partial charge in [0.2, 0.25) is 0 Å². The van der Waals surface area contributed by atoms with Crippen LogP contribution in [0.5, 0.6) is 5.75 Å². The largest absolute Gasteiger partial charge is 0.480 e. The monoisotopic (exact) mass is 235 g/mol. The average Bonchev–Trinajstić information content (AvgIpc) is 2.28. The zero-order valence-electron chi connectivity index (χ0n) is 10.3. The first-order chi connectivity index (χ1) is 8.04. The van der Waals surface area contributed by atoms with Gasteiger partial charge in [0.15, 0.2) is 12.4 Å². The van der Waals surface area contributed by atoms with Crippen molar-refractivity contribution < 1.29 is 14.3 Å². The maximum absolute atomic E-state index is 11.6. The van der Waals surface area contributed by atoms with Crippen LogP contribution in [0.15, 0.2) is 24.3 Å². The van der Waals surface area contributed by atoms with Crippen LogP contribution in [-0.2, 0) is 4.79 Å². The van der Waals surface area contributed by atoms with Gasteiger partial charge in [0.25, 0.3) is 5.91 Å². The molecule has 0 aliphatic heterocycles. The third-order valence-electron chi connectivity index (χ3n) is 2.15. The predicted molar refractivity (Wildman–Crippen MR) is 65.2 cm³/mol. The zero-order chi connectivity index (χ0) is 12.8. The van der Waals surface area contributed by atoms with Crippen molar-refractivity contribution in [2.24, 2.45) is 0 Å². The Labute approximate surface area is 101 Å². The van der Waals surface area contributed by atoms with E-state index in [1.54, 1.807) is 31.2 Å². The highest BCUT2D eigenvalue weighted by molar-refractivity contribution is 5.82. The number of rotatable bonds is 5. The first-order valence-corrected chi connectivity index (χ1v) is 5.56. The molecule has 1 aromatic carbocycles. The van der Waals surface area contributed by atoms with Crippen molar-refractivity contribution in [3.8, 4) is 5.75 Å². The highest BCUT2D eigenvalue weighted by Crippen LogP contribution is 2.17. The van der Waals surface area contributed by atoms with E-state index in [1.165, 1.54) is 0 Å². The van der Waals surface area contributed by atoms with Crippen LogP contribution in [0, 0.1) is 0 Å². The van der Waals surface area contributed by atoms with Crippen LogP contribution in [0.3, 0.4) is 0 Å². The van der Waals surface area contributed by atoms with Crippen molar-refractivity contribution in [1.29, 1.82) is 0 Å². The molecule has 1 N–H and O–H groups in total. The van der Waals surface area contributed by atoms with Gasteiger partial charge in [-0.3, -0.25) is 9.59 Å². The summed E-state index contributed by atoms with van der Waals surface area (Å²) in [6, 6.07) is 6.89. The van der Waals surface area contributed by atoms with Crippen LogP contribution < -0.4 is 10.1 Å². The smallest absolute Gasteiger partial charge is 0.260 e. The standard InChI is InChI=1S/C13H17NO3/c1-9(2)14-13(16)10(3)17-12-7-5-4-6-11(12)8-15/h4-10H,1-3H3,(H,14,16). The van der Waals surface area contributed by atoms with E-state index in [0.717, 1.165) is 0 Å². The Morgan fingerprint density at radius 3 is 2.53 bits per heavy atom. The van der Waals surface area contributed by atoms with Gasteiger partial charge >= 0.3 is 0 Å². The van der Waals surface area contributed by atoms with Crippen LogP contribution in [0.2, 0.25) is 0 Å². The van der Waals surface area contributed by atoms with Gasteiger partial charge in [0.1, 0.15) is 5.75 Å². The summed E-state index contributed by atoms with van der Waals surface area (Å²) in [6.45, 7) is 5.41. The van der Waals surface area contributed by atoms with E-state index in [-0.39, 0.29) is 11.9 Å². The fraction of sp³-hybridized carbons (Fsp3) is 0.385. The molecule has 4 nitrogen and oxygen atoms in total. The van der Waals surface area contributed by atoms with Crippen LogP contribution >= 0.6 is 0 Å². The molecule has 1 rings (SSSR count). The molecule has 0 fully saturated rings. The summed E-state index contributed by atoms with van der Waals surface area (Å²) in [5.74, 6) is 0.231. The zero-order valence-corrected chi connectivity index (χ0v) is 10.3. The van der Waals surface area contributed by atoms with Gasteiger partial charge in [-0.2, -0.15) is 0 Å². The second-order valence-electron chi connectivity index (χ2n) is 4.08. The number of nitrogens with one attached hydrogen (secondary N) is 1. The Hall–Kier alpha value is -1.84. The molecule has 0 heterocycles. The van der Waals surface area contributed by atoms with E-state index >= 15 is 0 Å². The van der Waals surface area contributed by atoms with Gasteiger partial charge in [-0.15, -0.1) is 0 Å². The summed E-state index contributed by atoms with van der Waals surface area (Å²) in [5.41, 5.74) is 0.441. The van der Waals surface area contributed by atoms with Crippen molar-refractivity contribution in [2.75, 3.05) is 0 Å². The van der Waals surface area contributed by atoms with Gasteiger partial charge in [-0.1, -0.05) is 12.1 Å². The van der Waals surface area contributed by atoms with Crippen LogP contribution in [0.25, 0.3) is 0 Å². The number of aldehydes is 1. The number of amides is 1. The summed E-state index contributed by atoms with van der Waals surface area (Å²) in [4.78, 5) is 22.4. The summed E-state index contributed by atoms with van der Waals surface area (Å²) in [5, 5.41) is 2.75. The van der Waals surface area contributed by atoms with Crippen LogP contribution in [-0.4, -0.2) is 24.3 Å². The van der Waals surface area contributed by atoms with Gasteiger partial charge in [0.05, 0.1) is 5.56 Å². The molecule has 92 valence electrons. The SMILES string of the molecule is CC(C)NC(=O)C(C)Oc1ccccc1C=O. The molecule has 1 amide bonds. The minimum absolute atomic E-state index is 0.0647. The van der Waals surface area contributed by atoms with E-state index < -0.39 is 6.10 Å². The Morgan fingerprint density at radius 1 is 1.29 bits per heavy atom. The van der Waals surface area contributed by atoms with Crippen molar-refractivity contribution in [1.82, 2.24) is 5.32 Å². The maximum Gasteiger partial charge on any atom is 0.260 e. The molecule has 0 radical (unpaired) electrons. The Balaban J connectivity index is 2.70. The Bertz CT molecular complexity index is 401. The topological polar surface area (TPSA) is 55.4 Å². The van der Waals surface area contributed by atoms with Gasteiger partial charge < -0.3 is 10.1 Å². The number of carbonyl (C=O) groups excluding carboxylic acids is 2. The molecular formula is C13H17NO3. The van der Waals surface area contributed by atoms with E-state index in [0.29, 0.717) is 17.6 Å². The average molecular weight is 235 g/mol. The molecule has 0 saturated carbocycles. The Kier molecular flexibility index (Phi) is 4.69. The summed E-state index contributed by atoms with van der Waals surface area (Å²) in [6.07, 6.45) is 0.0843. The molecule has 0 saturated heterocycles. The molecule has 1 unspecified atom stereocenters. The fourth-order valence-electron chi connectivity index (χ4n) is 1.33. The number of benzene rings is 1. The number of ether oxygens (including phenoxy) is 1. The van der Waals surface area contributed by atoms with E-state index in [2.05, 4.69) is 5.32 Å². The molecule has 0 spiro atoms. The number of carbonyl (C=O) groups is 2. The molecule has 1 aromatic rings. The normalized spacial score (nSPS) is 12.0. The Morgan fingerprint density at radius 2 is 1.94 bits per heavy atom. The number of hydrogen-bond donors (Lipinski definition) is 1. The lowest BCUT2D eigenvalue weighted by Gasteiger charge is -2.17. The van der Waals surface area contributed by atoms with Crippen LogP contribution in [0.4, 0.5) is 0 Å². The van der Waals surface area contributed by atoms with Crippen molar-refractivity contribution in [3.63, 3.8) is 0 Å². The fourth-order valence-corrected chi connectivity index (χ4v) is 1.33. The second-order valence-corrected chi connectivity index (χ2v) is 4.08. The first-order valence-electron chi connectivity index (χ1n) is 5.56. The highest BCUT2D eigenvalue weighted by Gasteiger charge is 2.16. The van der Waals surface area contributed by atoms with Crippen molar-refractivity contribution in [2.45, 2.75) is 32.9 Å². The van der Waals surface area contributed by atoms with Crippen molar-refractivity contribution >= 4 is 12.2 Å². The lowest BCUT2D eigenvalue weighted by molar-refractivity contribution is -0.127. The summed E-state index contributed by atoms with van der Waals surface area (Å²) >= 11 is 0. The first kappa shape index (κ1) is 13.2. The predicted octanol–water partition coefficient (Wildman–Crippen LogP) is 1.79. The molecule has 0 aromatic heterocycles. The number of para-hydroxylation sites is 1. The molecule has 0 aliphatic carbocycles. The minimum Gasteiger partial charge on any atom is -0.480 e. The van der Waals surface area contributed by atoms with Crippen LogP contribution in [0.1, 0.15) is 31.1 Å². The second kappa shape index (κ2) is 6.03. The quantitative estimate of drug-likeness (QED) is 0.792. The van der Waals surface area contributed by atoms with Gasteiger partial charge in [-0.05, 0) is 32.9 Å². The molecular weight excluding hydrogens is 218 g/mol. The molecule has 17 heavy (non-hydrogen) atoms. The summed E-state index contributed by atoms with van der Waals surface area (Å²) in [7, 11) is 0. The molecule has 0 bridgehead atoms. The van der Waals surface area contributed by atoms with Gasteiger partial charge in [0, 0.05) is 6.04 Å². The molecule has 0 aliphatic rings. The minimum atomic E-state index is -0.626. The molecule has 4 heteroatoms.